The molecule has 0 nitrogen and oxygen atoms in total. The van der Waals surface area contributed by atoms with Gasteiger partial charge in [-0.05, 0) is 17.9 Å². The fourth-order valence-corrected chi connectivity index (χ4v) is 6.13. The van der Waals surface area contributed by atoms with Crippen LogP contribution in [0, 0.1) is 0 Å². The molecule has 0 aliphatic heterocycles. The third kappa shape index (κ3) is 7.84. The molecule has 0 radical (unpaired) electrons. The molecule has 0 heterocycles. The van der Waals surface area contributed by atoms with Gasteiger partial charge in [0.25, 0.3) is 0 Å². The summed E-state index contributed by atoms with van der Waals surface area (Å²) in [4.78, 5) is 0. The Kier molecular flexibility index (Phi) is 15.0. The van der Waals surface area contributed by atoms with Crippen LogP contribution >= 0.6 is 0 Å². The molecular formula is C21H25Cl3SiTi. The van der Waals surface area contributed by atoms with Crippen LogP contribution in [0.4, 0.5) is 0 Å². The first-order valence-corrected chi connectivity index (χ1v) is 9.84. The molecule has 0 bridgehead atoms. The van der Waals surface area contributed by atoms with Gasteiger partial charge in [0.2, 0.25) is 0 Å². The monoisotopic (exact) mass is 458 g/mol. The van der Waals surface area contributed by atoms with Gasteiger partial charge in [-0.1, -0.05) is 80.0 Å². The topological polar surface area (TPSA) is 0 Å². The van der Waals surface area contributed by atoms with Crippen LogP contribution in [0.5, 0.6) is 0 Å². The zero-order chi connectivity index (χ0) is 15.3. The maximum Gasteiger partial charge on any atom is 4.00 e. The second-order valence-electron chi connectivity index (χ2n) is 6.57. The van der Waals surface area contributed by atoms with E-state index in [4.69, 9.17) is 0 Å². The first-order valence-electron chi connectivity index (χ1n) is 8.42. The van der Waals surface area contributed by atoms with Gasteiger partial charge in [0.1, 0.15) is 0 Å². The number of hydrogen-bond acceptors (Lipinski definition) is 0. The molecule has 3 rings (SSSR count). The molecule has 0 spiro atoms. The Bertz CT molecular complexity index is 667. The molecule has 1 atom stereocenters. The maximum atomic E-state index is 2.49. The Labute approximate surface area is 194 Å². The molecule has 1 unspecified atom stereocenters. The van der Waals surface area contributed by atoms with Gasteiger partial charge in [-0.2, -0.15) is 22.9 Å². The quantitative estimate of drug-likeness (QED) is 0.301. The van der Waals surface area contributed by atoms with Crippen molar-refractivity contribution in [3.8, 4) is 0 Å². The van der Waals surface area contributed by atoms with Crippen LogP contribution in [0.3, 0.4) is 0 Å². The molecule has 0 saturated heterocycles. The fraction of sp³-hybridized carbons (Fsp3) is 0.286. The second kappa shape index (κ2) is 13.9. The predicted octanol–water partition coefficient (Wildman–Crippen LogP) is -4.73. The van der Waals surface area contributed by atoms with Crippen LogP contribution in [0.1, 0.15) is 37.3 Å². The smallest absolute Gasteiger partial charge is 1.00 e. The van der Waals surface area contributed by atoms with Gasteiger partial charge in [0.05, 0.1) is 0 Å². The molecule has 0 amide bonds. The molecule has 0 fully saturated rings. The number of allylic oxidation sites excluding steroid dienone is 4. The average Bonchev–Trinajstić information content (AvgIpc) is 2.96. The molecule has 1 aliphatic rings. The standard InChI is InChI=1S/C21H25Si.3ClH.Ti/c1-2-13-21(14-7-4-8-15-21)22-20-12-11-19(17-20)16-18-9-5-3-6-10-18;;;;/h3-12,14,17H,2,13,15-16,22H2,1H3;3*1H;/q-1;;;;+4/p-3. The molecule has 2 aromatic carbocycles. The summed E-state index contributed by atoms with van der Waals surface area (Å²) in [5.74, 6) is 0. The average molecular weight is 460 g/mol. The summed E-state index contributed by atoms with van der Waals surface area (Å²) in [5, 5.41) is 2.10. The normalized spacial score (nSPS) is 17.7. The number of hydrogen-bond donors (Lipinski definition) is 0. The number of rotatable bonds is 6. The molecule has 5 heteroatoms. The molecule has 1 aliphatic carbocycles. The summed E-state index contributed by atoms with van der Waals surface area (Å²) >= 11 is 0. The van der Waals surface area contributed by atoms with E-state index in [2.05, 4.69) is 79.8 Å². The van der Waals surface area contributed by atoms with E-state index in [1.54, 1.807) is 5.19 Å². The van der Waals surface area contributed by atoms with E-state index >= 15 is 0 Å². The SMILES string of the molecule is CCCC1([SiH2][c-]2ccc(Cc3ccccc3)c2)C=CC=CC1.[Cl-].[Cl-].[Cl-].[Ti+4]. The van der Waals surface area contributed by atoms with E-state index in [9.17, 15) is 0 Å². The minimum atomic E-state index is -0.281. The molecule has 2 aromatic rings. The Morgan fingerprint density at radius 1 is 1.00 bits per heavy atom. The molecular weight excluding hydrogens is 435 g/mol. The van der Waals surface area contributed by atoms with E-state index in [0.717, 1.165) is 6.42 Å². The molecule has 0 saturated carbocycles. The summed E-state index contributed by atoms with van der Waals surface area (Å²) in [5.41, 5.74) is 2.88. The Hall–Kier alpha value is -0.149. The molecule has 138 valence electrons. The van der Waals surface area contributed by atoms with E-state index < -0.39 is 0 Å². The van der Waals surface area contributed by atoms with Crippen molar-refractivity contribution in [3.63, 3.8) is 0 Å². The Morgan fingerprint density at radius 3 is 2.35 bits per heavy atom. The van der Waals surface area contributed by atoms with Crippen LogP contribution in [0.25, 0.3) is 0 Å². The Balaban J connectivity index is 0. The minimum absolute atomic E-state index is 0. The van der Waals surface area contributed by atoms with Crippen LogP contribution in [-0.4, -0.2) is 9.52 Å². The predicted molar refractivity (Wildman–Crippen MR) is 100.0 cm³/mol. The summed E-state index contributed by atoms with van der Waals surface area (Å²) < 4.78 is 0. The van der Waals surface area contributed by atoms with Gasteiger partial charge in [-0.25, -0.2) is 6.07 Å². The summed E-state index contributed by atoms with van der Waals surface area (Å²) in [6.07, 6.45) is 14.2. The van der Waals surface area contributed by atoms with Crippen molar-refractivity contribution in [1.82, 2.24) is 0 Å². The van der Waals surface area contributed by atoms with Crippen molar-refractivity contribution in [3.05, 3.63) is 84.0 Å². The van der Waals surface area contributed by atoms with Crippen molar-refractivity contribution in [2.24, 2.45) is 0 Å². The van der Waals surface area contributed by atoms with Crippen molar-refractivity contribution < 1.29 is 58.9 Å². The van der Waals surface area contributed by atoms with Crippen molar-refractivity contribution in [2.75, 3.05) is 0 Å². The van der Waals surface area contributed by atoms with Gasteiger partial charge < -0.3 is 37.2 Å². The summed E-state index contributed by atoms with van der Waals surface area (Å²) in [6, 6.07) is 18.0. The first kappa shape index (κ1) is 28.1. The van der Waals surface area contributed by atoms with E-state index in [1.807, 2.05) is 0 Å². The molecule has 0 N–H and O–H groups in total. The van der Waals surface area contributed by atoms with Crippen LogP contribution in [-0.2, 0) is 28.1 Å². The number of halogens is 3. The molecule has 26 heavy (non-hydrogen) atoms. The number of benzene rings is 1. The first-order chi connectivity index (χ1) is 10.8. The van der Waals surface area contributed by atoms with Crippen LogP contribution < -0.4 is 42.4 Å². The zero-order valence-corrected chi connectivity index (χ0v) is 20.3. The van der Waals surface area contributed by atoms with Crippen LogP contribution in [0.2, 0.25) is 5.04 Å². The fourth-order valence-electron chi connectivity index (χ4n) is 3.62. The van der Waals surface area contributed by atoms with Crippen molar-refractivity contribution in [2.45, 2.75) is 37.6 Å². The largest absolute Gasteiger partial charge is 4.00 e. The summed E-state index contributed by atoms with van der Waals surface area (Å²) in [7, 11) is -0.281. The van der Waals surface area contributed by atoms with Gasteiger partial charge >= 0.3 is 21.7 Å². The van der Waals surface area contributed by atoms with Gasteiger partial charge in [-0.15, -0.1) is 0 Å². The van der Waals surface area contributed by atoms with E-state index in [1.165, 1.54) is 30.4 Å². The van der Waals surface area contributed by atoms with E-state index in [0.29, 0.717) is 5.04 Å². The van der Waals surface area contributed by atoms with Gasteiger partial charge in [0, 0.05) is 9.52 Å². The van der Waals surface area contributed by atoms with Gasteiger partial charge in [0.15, 0.2) is 0 Å². The third-order valence-corrected chi connectivity index (χ3v) is 7.09. The van der Waals surface area contributed by atoms with Crippen molar-refractivity contribution in [1.29, 1.82) is 0 Å². The minimum Gasteiger partial charge on any atom is -1.00 e. The second-order valence-corrected chi connectivity index (χ2v) is 9.15. The zero-order valence-electron chi connectivity index (χ0n) is 15.1. The molecule has 0 aromatic heterocycles. The Morgan fingerprint density at radius 2 is 1.73 bits per heavy atom. The van der Waals surface area contributed by atoms with Gasteiger partial charge in [-0.3, -0.25) is 0 Å². The summed E-state index contributed by atoms with van der Waals surface area (Å²) in [6.45, 7) is 2.31. The van der Waals surface area contributed by atoms with Crippen molar-refractivity contribution >= 4 is 14.7 Å². The third-order valence-electron chi connectivity index (χ3n) is 4.66. The van der Waals surface area contributed by atoms with Crippen LogP contribution in [0.15, 0.2) is 72.8 Å². The van der Waals surface area contributed by atoms with E-state index in [-0.39, 0.29) is 68.5 Å². The maximum absolute atomic E-state index is 2.49.